The van der Waals surface area contributed by atoms with Gasteiger partial charge in [-0.3, -0.25) is 0 Å². The minimum Gasteiger partial charge on any atom is -0.367 e. The molecule has 0 radical (unpaired) electrons. The van der Waals surface area contributed by atoms with E-state index in [0.717, 1.165) is 34.0 Å². The molecule has 0 fully saturated rings. The number of hydrogen-bond donors (Lipinski definition) is 2. The van der Waals surface area contributed by atoms with Crippen LogP contribution in [0.5, 0.6) is 0 Å². The van der Waals surface area contributed by atoms with E-state index in [-0.39, 0.29) is 0 Å². The lowest BCUT2D eigenvalue weighted by molar-refractivity contribution is 0.818. The Labute approximate surface area is 113 Å². The molecule has 0 atom stereocenters. The van der Waals surface area contributed by atoms with Gasteiger partial charge in [-0.05, 0) is 41.2 Å². The molecule has 0 bridgehead atoms. The third kappa shape index (κ3) is 3.49. The molecule has 4 nitrogen and oxygen atoms in total. The molecule has 0 aliphatic rings. The number of anilines is 1. The van der Waals surface area contributed by atoms with Gasteiger partial charge in [0.05, 0.1) is 4.88 Å². The summed E-state index contributed by atoms with van der Waals surface area (Å²) in [5.74, 6) is 0.805. The maximum Gasteiger partial charge on any atom is 0.148 e. The van der Waals surface area contributed by atoms with Gasteiger partial charge in [0.25, 0.3) is 0 Å². The average Bonchev–Trinajstić information content (AvgIpc) is 2.77. The van der Waals surface area contributed by atoms with Crippen molar-refractivity contribution in [3.8, 4) is 10.6 Å². The van der Waals surface area contributed by atoms with Crippen LogP contribution in [0.3, 0.4) is 0 Å². The van der Waals surface area contributed by atoms with E-state index in [2.05, 4.69) is 36.8 Å². The standard InChI is InChI=1S/C11H13BrN4S/c1-13-4-5-14-11-3-2-9(15-16-11)10-6-8(12)7-17-10/h2-3,6-7,13H,4-5H2,1H3,(H,14,16). The van der Waals surface area contributed by atoms with Crippen molar-refractivity contribution in [2.24, 2.45) is 0 Å². The summed E-state index contributed by atoms with van der Waals surface area (Å²) in [4.78, 5) is 1.12. The van der Waals surface area contributed by atoms with Crippen LogP contribution >= 0.6 is 27.3 Å². The zero-order valence-electron chi connectivity index (χ0n) is 9.40. The molecule has 0 unspecified atom stereocenters. The van der Waals surface area contributed by atoms with Gasteiger partial charge >= 0.3 is 0 Å². The number of aromatic nitrogens is 2. The van der Waals surface area contributed by atoms with Crippen molar-refractivity contribution >= 4 is 33.1 Å². The summed E-state index contributed by atoms with van der Waals surface area (Å²) in [5.41, 5.74) is 0.903. The van der Waals surface area contributed by atoms with Gasteiger partial charge in [0.15, 0.2) is 0 Å². The molecule has 2 rings (SSSR count). The predicted molar refractivity (Wildman–Crippen MR) is 75.5 cm³/mol. The van der Waals surface area contributed by atoms with Crippen LogP contribution in [-0.2, 0) is 0 Å². The molecule has 17 heavy (non-hydrogen) atoms. The molecule has 2 aromatic rings. The van der Waals surface area contributed by atoms with E-state index < -0.39 is 0 Å². The van der Waals surface area contributed by atoms with Crippen LogP contribution in [0, 0.1) is 0 Å². The van der Waals surface area contributed by atoms with Crippen LogP contribution in [0.2, 0.25) is 0 Å². The predicted octanol–water partition coefficient (Wildman–Crippen LogP) is 2.60. The third-order valence-electron chi connectivity index (χ3n) is 2.17. The van der Waals surface area contributed by atoms with E-state index in [1.54, 1.807) is 11.3 Å². The monoisotopic (exact) mass is 312 g/mol. The zero-order chi connectivity index (χ0) is 12.1. The Kier molecular flexibility index (Phi) is 4.47. The first-order chi connectivity index (χ1) is 8.29. The fraction of sp³-hybridized carbons (Fsp3) is 0.273. The zero-order valence-corrected chi connectivity index (χ0v) is 11.8. The molecular formula is C11H13BrN4S. The van der Waals surface area contributed by atoms with Crippen molar-refractivity contribution < 1.29 is 0 Å². The summed E-state index contributed by atoms with van der Waals surface area (Å²) in [6.07, 6.45) is 0. The van der Waals surface area contributed by atoms with Crippen molar-refractivity contribution in [3.05, 3.63) is 28.1 Å². The summed E-state index contributed by atoms with van der Waals surface area (Å²) in [5, 5.41) is 16.6. The Balaban J connectivity index is 2.02. The molecular weight excluding hydrogens is 300 g/mol. The second kappa shape index (κ2) is 6.09. The lowest BCUT2D eigenvalue weighted by Crippen LogP contribution is -2.18. The van der Waals surface area contributed by atoms with Gasteiger partial charge in [0.1, 0.15) is 11.5 Å². The number of hydrogen-bond acceptors (Lipinski definition) is 5. The Morgan fingerprint density at radius 1 is 1.29 bits per heavy atom. The highest BCUT2D eigenvalue weighted by Crippen LogP contribution is 2.28. The largest absolute Gasteiger partial charge is 0.367 e. The SMILES string of the molecule is CNCCNc1ccc(-c2cc(Br)cs2)nn1. The van der Waals surface area contributed by atoms with Crippen LogP contribution in [-0.4, -0.2) is 30.3 Å². The molecule has 90 valence electrons. The van der Waals surface area contributed by atoms with Crippen molar-refractivity contribution in [2.75, 3.05) is 25.5 Å². The summed E-state index contributed by atoms with van der Waals surface area (Å²) >= 11 is 5.08. The fourth-order valence-corrected chi connectivity index (χ4v) is 2.71. The molecule has 2 aromatic heterocycles. The summed E-state index contributed by atoms with van der Waals surface area (Å²) < 4.78 is 1.08. The summed E-state index contributed by atoms with van der Waals surface area (Å²) in [7, 11) is 1.92. The molecule has 0 amide bonds. The van der Waals surface area contributed by atoms with Crippen LogP contribution in [0.15, 0.2) is 28.1 Å². The van der Waals surface area contributed by atoms with Gasteiger partial charge in [-0.2, -0.15) is 0 Å². The molecule has 6 heteroatoms. The smallest absolute Gasteiger partial charge is 0.148 e. The van der Waals surface area contributed by atoms with Crippen molar-refractivity contribution in [3.63, 3.8) is 0 Å². The number of nitrogens with one attached hydrogen (secondary N) is 2. The second-order valence-electron chi connectivity index (χ2n) is 3.46. The van der Waals surface area contributed by atoms with Crippen LogP contribution < -0.4 is 10.6 Å². The minimum atomic E-state index is 0.805. The molecule has 0 aliphatic heterocycles. The number of nitrogens with zero attached hydrogens (tertiary/aromatic N) is 2. The van der Waals surface area contributed by atoms with Crippen LogP contribution in [0.4, 0.5) is 5.82 Å². The van der Waals surface area contributed by atoms with Gasteiger partial charge in [-0.15, -0.1) is 21.5 Å². The van der Waals surface area contributed by atoms with Crippen LogP contribution in [0.25, 0.3) is 10.6 Å². The highest BCUT2D eigenvalue weighted by molar-refractivity contribution is 9.10. The summed E-state index contributed by atoms with van der Waals surface area (Å²) in [6, 6.07) is 5.97. The first-order valence-electron chi connectivity index (χ1n) is 5.26. The third-order valence-corrected chi connectivity index (χ3v) is 3.88. The lowest BCUT2D eigenvalue weighted by atomic mass is 10.3. The minimum absolute atomic E-state index is 0.805. The quantitative estimate of drug-likeness (QED) is 0.833. The van der Waals surface area contributed by atoms with Crippen molar-refractivity contribution in [1.82, 2.24) is 15.5 Å². The summed E-state index contributed by atoms with van der Waals surface area (Å²) in [6.45, 7) is 1.75. The Morgan fingerprint density at radius 3 is 2.76 bits per heavy atom. The molecule has 0 spiro atoms. The molecule has 0 saturated heterocycles. The topological polar surface area (TPSA) is 49.8 Å². The molecule has 0 aliphatic carbocycles. The van der Waals surface area contributed by atoms with Gasteiger partial charge in [0.2, 0.25) is 0 Å². The van der Waals surface area contributed by atoms with E-state index in [4.69, 9.17) is 0 Å². The molecule has 0 saturated carbocycles. The number of likely N-dealkylation sites (N-methyl/N-ethyl adjacent to an activating group) is 1. The lowest BCUT2D eigenvalue weighted by Gasteiger charge is -2.04. The normalized spacial score (nSPS) is 10.5. The van der Waals surface area contributed by atoms with E-state index in [0.29, 0.717) is 0 Å². The number of halogens is 1. The van der Waals surface area contributed by atoms with Gasteiger partial charge < -0.3 is 10.6 Å². The molecule has 2 N–H and O–H groups in total. The highest BCUT2D eigenvalue weighted by Gasteiger charge is 2.03. The fourth-order valence-electron chi connectivity index (χ4n) is 1.32. The Hall–Kier alpha value is -0.980. The van der Waals surface area contributed by atoms with E-state index in [1.807, 2.05) is 30.6 Å². The number of rotatable bonds is 5. The maximum absolute atomic E-state index is 4.20. The molecule has 0 aromatic carbocycles. The highest BCUT2D eigenvalue weighted by atomic mass is 79.9. The Morgan fingerprint density at radius 2 is 2.18 bits per heavy atom. The van der Waals surface area contributed by atoms with Gasteiger partial charge in [-0.1, -0.05) is 0 Å². The van der Waals surface area contributed by atoms with E-state index in [1.165, 1.54) is 0 Å². The first-order valence-corrected chi connectivity index (χ1v) is 6.93. The maximum atomic E-state index is 4.20. The second-order valence-corrected chi connectivity index (χ2v) is 5.29. The van der Waals surface area contributed by atoms with Gasteiger partial charge in [-0.25, -0.2) is 0 Å². The first kappa shape index (κ1) is 12.5. The number of thiophene rings is 1. The van der Waals surface area contributed by atoms with E-state index in [9.17, 15) is 0 Å². The van der Waals surface area contributed by atoms with E-state index >= 15 is 0 Å². The Bertz CT molecular complexity index is 469. The molecule has 2 heterocycles. The van der Waals surface area contributed by atoms with Crippen LogP contribution in [0.1, 0.15) is 0 Å². The van der Waals surface area contributed by atoms with Gasteiger partial charge in [0, 0.05) is 22.9 Å². The average molecular weight is 313 g/mol. The van der Waals surface area contributed by atoms with Crippen molar-refractivity contribution in [1.29, 1.82) is 0 Å². The van der Waals surface area contributed by atoms with Crippen molar-refractivity contribution in [2.45, 2.75) is 0 Å².